The number of aromatic nitrogens is 1. The van der Waals surface area contributed by atoms with Crippen LogP contribution >= 0.6 is 0 Å². The van der Waals surface area contributed by atoms with Gasteiger partial charge in [0.2, 0.25) is 0 Å². The third-order valence-corrected chi connectivity index (χ3v) is 4.47. The average Bonchev–Trinajstić information content (AvgIpc) is 3.07. The van der Waals surface area contributed by atoms with Crippen LogP contribution in [0.1, 0.15) is 28.6 Å². The lowest BCUT2D eigenvalue weighted by molar-refractivity contribution is 0.0594. The van der Waals surface area contributed by atoms with Crippen LogP contribution in [0, 0.1) is 6.92 Å². The molecule has 1 aliphatic heterocycles. The second kappa shape index (κ2) is 8.14. The zero-order valence-electron chi connectivity index (χ0n) is 15.4. The Kier molecular flexibility index (Phi) is 5.68. The Labute approximate surface area is 153 Å². The Morgan fingerprint density at radius 3 is 2.58 bits per heavy atom. The zero-order valence-corrected chi connectivity index (χ0v) is 15.4. The number of carbonyl (C=O) groups is 1. The van der Waals surface area contributed by atoms with E-state index in [1.807, 2.05) is 43.1 Å². The molecule has 2 aromatic rings. The Hall–Kier alpha value is -2.67. The third-order valence-electron chi connectivity index (χ3n) is 4.47. The van der Waals surface area contributed by atoms with Gasteiger partial charge in [-0.3, -0.25) is 9.91 Å². The van der Waals surface area contributed by atoms with Crippen molar-refractivity contribution in [2.75, 3.05) is 33.3 Å². The lowest BCUT2D eigenvalue weighted by atomic mass is 10.0. The van der Waals surface area contributed by atoms with E-state index in [1.165, 1.54) is 7.11 Å². The van der Waals surface area contributed by atoms with E-state index in [1.54, 1.807) is 6.21 Å². The number of rotatable bonds is 5. The normalized spacial score (nSPS) is 15.6. The monoisotopic (exact) mass is 356 g/mol. The summed E-state index contributed by atoms with van der Waals surface area (Å²) >= 11 is 0. The molecule has 1 aliphatic rings. The molecule has 7 nitrogen and oxygen atoms in total. The minimum Gasteiger partial charge on any atom is -0.465 e. The standard InChI is InChI=1S/C19H24N4O3/c1-4-20-23-11-9-22(10-12-23)13-16-17(19(24)25-3)18(21-26-16)15-7-5-14(2)6-8-15/h4-8H,9-13H2,1-3H3/b20-4+. The topological polar surface area (TPSA) is 71.2 Å². The quantitative estimate of drug-likeness (QED) is 0.606. The van der Waals surface area contributed by atoms with E-state index in [4.69, 9.17) is 9.26 Å². The molecular weight excluding hydrogens is 332 g/mol. The van der Waals surface area contributed by atoms with E-state index in [0.29, 0.717) is 23.6 Å². The van der Waals surface area contributed by atoms with Gasteiger partial charge < -0.3 is 9.26 Å². The number of benzene rings is 1. The number of hydrazone groups is 1. The number of ether oxygens (including phenoxy) is 1. The van der Waals surface area contributed by atoms with Crippen molar-refractivity contribution in [3.63, 3.8) is 0 Å². The molecule has 0 spiro atoms. The first-order valence-electron chi connectivity index (χ1n) is 8.72. The van der Waals surface area contributed by atoms with Gasteiger partial charge in [0.15, 0.2) is 5.76 Å². The number of nitrogens with zero attached hydrogens (tertiary/aromatic N) is 4. The summed E-state index contributed by atoms with van der Waals surface area (Å²) in [6.45, 7) is 7.83. The summed E-state index contributed by atoms with van der Waals surface area (Å²) in [5.41, 5.74) is 2.92. The highest BCUT2D eigenvalue weighted by molar-refractivity contribution is 5.97. The molecule has 2 heterocycles. The van der Waals surface area contributed by atoms with Crippen LogP contribution in [0.2, 0.25) is 0 Å². The molecule has 0 bridgehead atoms. The molecule has 1 saturated heterocycles. The second-order valence-corrected chi connectivity index (χ2v) is 6.29. The highest BCUT2D eigenvalue weighted by Crippen LogP contribution is 2.27. The lowest BCUT2D eigenvalue weighted by Gasteiger charge is -2.32. The number of piperazine rings is 1. The van der Waals surface area contributed by atoms with Crippen molar-refractivity contribution in [1.29, 1.82) is 0 Å². The summed E-state index contributed by atoms with van der Waals surface area (Å²) in [7, 11) is 1.37. The summed E-state index contributed by atoms with van der Waals surface area (Å²) in [4.78, 5) is 14.6. The molecule has 0 aliphatic carbocycles. The van der Waals surface area contributed by atoms with Crippen molar-refractivity contribution in [1.82, 2.24) is 15.1 Å². The Balaban J connectivity index is 1.81. The third kappa shape index (κ3) is 3.94. The maximum Gasteiger partial charge on any atom is 0.343 e. The van der Waals surface area contributed by atoms with Crippen molar-refractivity contribution in [2.24, 2.45) is 5.10 Å². The van der Waals surface area contributed by atoms with E-state index in [0.717, 1.165) is 37.3 Å². The molecular formula is C19H24N4O3. The SMILES string of the molecule is C/C=N/N1CCN(Cc2onc(-c3ccc(C)cc3)c2C(=O)OC)CC1. The van der Waals surface area contributed by atoms with Crippen molar-refractivity contribution < 1.29 is 14.1 Å². The van der Waals surface area contributed by atoms with Gasteiger partial charge in [0, 0.05) is 38.0 Å². The van der Waals surface area contributed by atoms with Crippen LogP contribution in [0.15, 0.2) is 33.9 Å². The van der Waals surface area contributed by atoms with Gasteiger partial charge in [-0.2, -0.15) is 5.10 Å². The molecule has 26 heavy (non-hydrogen) atoms. The van der Waals surface area contributed by atoms with E-state index >= 15 is 0 Å². The summed E-state index contributed by atoms with van der Waals surface area (Å²) in [5, 5.41) is 10.5. The molecule has 0 radical (unpaired) electrons. The van der Waals surface area contributed by atoms with Crippen LogP contribution < -0.4 is 0 Å². The summed E-state index contributed by atoms with van der Waals surface area (Å²) in [5.74, 6) is 0.117. The highest BCUT2D eigenvalue weighted by atomic mass is 16.5. The van der Waals surface area contributed by atoms with Crippen molar-refractivity contribution in [3.8, 4) is 11.3 Å². The molecule has 138 valence electrons. The number of esters is 1. The van der Waals surface area contributed by atoms with Gasteiger partial charge in [-0.05, 0) is 13.8 Å². The van der Waals surface area contributed by atoms with Crippen LogP contribution in [0.3, 0.4) is 0 Å². The van der Waals surface area contributed by atoms with Crippen LogP contribution in [-0.4, -0.2) is 60.5 Å². The minimum atomic E-state index is -0.425. The number of methoxy groups -OCH3 is 1. The predicted octanol–water partition coefficient (Wildman–Crippen LogP) is 2.56. The van der Waals surface area contributed by atoms with E-state index in [9.17, 15) is 4.79 Å². The van der Waals surface area contributed by atoms with Gasteiger partial charge in [0.1, 0.15) is 11.3 Å². The van der Waals surface area contributed by atoms with Gasteiger partial charge in [-0.15, -0.1) is 0 Å². The molecule has 3 rings (SSSR count). The Bertz CT molecular complexity index is 775. The van der Waals surface area contributed by atoms with Crippen LogP contribution in [0.4, 0.5) is 0 Å². The zero-order chi connectivity index (χ0) is 18.5. The number of hydrogen-bond donors (Lipinski definition) is 0. The molecule has 0 saturated carbocycles. The fourth-order valence-corrected chi connectivity index (χ4v) is 3.03. The molecule has 0 N–H and O–H groups in total. The van der Waals surface area contributed by atoms with Crippen molar-refractivity contribution in [2.45, 2.75) is 20.4 Å². The van der Waals surface area contributed by atoms with Gasteiger partial charge >= 0.3 is 5.97 Å². The van der Waals surface area contributed by atoms with Gasteiger partial charge in [0.05, 0.1) is 13.7 Å². The molecule has 7 heteroatoms. The molecule has 0 atom stereocenters. The van der Waals surface area contributed by atoms with E-state index in [-0.39, 0.29) is 0 Å². The summed E-state index contributed by atoms with van der Waals surface area (Å²) in [6, 6.07) is 7.84. The van der Waals surface area contributed by atoms with Crippen molar-refractivity contribution >= 4 is 12.2 Å². The molecule has 0 amide bonds. The summed E-state index contributed by atoms with van der Waals surface area (Å²) < 4.78 is 10.5. The van der Waals surface area contributed by atoms with E-state index in [2.05, 4.69) is 15.2 Å². The molecule has 1 aromatic heterocycles. The first-order valence-corrected chi connectivity index (χ1v) is 8.72. The number of carbonyl (C=O) groups excluding carboxylic acids is 1. The number of hydrogen-bond acceptors (Lipinski definition) is 7. The van der Waals surface area contributed by atoms with Gasteiger partial charge in [-0.1, -0.05) is 35.0 Å². The summed E-state index contributed by atoms with van der Waals surface area (Å²) in [6.07, 6.45) is 1.80. The fraction of sp³-hybridized carbons (Fsp3) is 0.421. The maximum absolute atomic E-state index is 12.4. The maximum atomic E-state index is 12.4. The average molecular weight is 356 g/mol. The minimum absolute atomic E-state index is 0.408. The van der Waals surface area contributed by atoms with E-state index < -0.39 is 5.97 Å². The van der Waals surface area contributed by atoms with Crippen molar-refractivity contribution in [3.05, 3.63) is 41.2 Å². The molecule has 0 unspecified atom stereocenters. The fourth-order valence-electron chi connectivity index (χ4n) is 3.03. The lowest BCUT2D eigenvalue weighted by Crippen LogP contribution is -2.43. The number of aryl methyl sites for hydroxylation is 1. The first kappa shape index (κ1) is 18.1. The first-order chi connectivity index (χ1) is 12.6. The van der Waals surface area contributed by atoms with Gasteiger partial charge in [-0.25, -0.2) is 4.79 Å². The van der Waals surface area contributed by atoms with Crippen LogP contribution in [0.5, 0.6) is 0 Å². The second-order valence-electron chi connectivity index (χ2n) is 6.29. The van der Waals surface area contributed by atoms with Crippen LogP contribution in [-0.2, 0) is 11.3 Å². The predicted molar refractivity (Wildman–Crippen MR) is 99.0 cm³/mol. The smallest absolute Gasteiger partial charge is 0.343 e. The molecule has 1 aromatic carbocycles. The van der Waals surface area contributed by atoms with Crippen LogP contribution in [0.25, 0.3) is 11.3 Å². The Morgan fingerprint density at radius 2 is 1.96 bits per heavy atom. The molecule has 1 fully saturated rings. The highest BCUT2D eigenvalue weighted by Gasteiger charge is 2.27. The Morgan fingerprint density at radius 1 is 1.27 bits per heavy atom. The van der Waals surface area contributed by atoms with Gasteiger partial charge in [0.25, 0.3) is 0 Å². The largest absolute Gasteiger partial charge is 0.465 e.